The van der Waals surface area contributed by atoms with Gasteiger partial charge >= 0.3 is 0 Å². The third kappa shape index (κ3) is 3.61. The van der Waals surface area contributed by atoms with Gasteiger partial charge in [-0.25, -0.2) is 0 Å². The number of halogens is 2. The Bertz CT molecular complexity index is 836. The van der Waals surface area contributed by atoms with E-state index in [-0.39, 0.29) is 12.7 Å². The van der Waals surface area contributed by atoms with Crippen molar-refractivity contribution in [3.8, 4) is 11.5 Å². The van der Waals surface area contributed by atoms with E-state index in [4.69, 9.17) is 32.7 Å². The molecule has 26 heavy (non-hydrogen) atoms. The maximum absolute atomic E-state index is 12.8. The SMILES string of the molecule is O=C(c1cc(Cl)c2c(c1)OCO2)N1CCN(Cc2cccc(Cl)c2)CC1. The van der Waals surface area contributed by atoms with Crippen LogP contribution in [0.3, 0.4) is 0 Å². The predicted molar refractivity (Wildman–Crippen MR) is 100 cm³/mol. The number of nitrogens with zero attached hydrogens (tertiary/aromatic N) is 2. The smallest absolute Gasteiger partial charge is 0.254 e. The highest BCUT2D eigenvalue weighted by Crippen LogP contribution is 2.40. The predicted octanol–water partition coefficient (Wildman–Crippen LogP) is 3.68. The van der Waals surface area contributed by atoms with Gasteiger partial charge in [0, 0.05) is 43.3 Å². The normalized spacial score (nSPS) is 16.8. The summed E-state index contributed by atoms with van der Waals surface area (Å²) >= 11 is 12.2. The maximum atomic E-state index is 12.8. The fourth-order valence-corrected chi connectivity index (χ4v) is 3.75. The van der Waals surface area contributed by atoms with Gasteiger partial charge in [0.2, 0.25) is 6.79 Å². The molecular weight excluding hydrogens is 375 g/mol. The summed E-state index contributed by atoms with van der Waals surface area (Å²) in [5, 5.41) is 1.15. The number of ether oxygens (including phenoxy) is 2. The molecular formula is C19H18Cl2N2O3. The minimum Gasteiger partial charge on any atom is -0.454 e. The van der Waals surface area contributed by atoms with Crippen LogP contribution in [0.2, 0.25) is 10.0 Å². The Hall–Kier alpha value is -1.95. The Morgan fingerprint density at radius 1 is 1.04 bits per heavy atom. The third-order valence-corrected chi connectivity index (χ3v) is 5.14. The first kappa shape index (κ1) is 17.5. The van der Waals surface area contributed by atoms with E-state index in [1.807, 2.05) is 23.1 Å². The lowest BCUT2D eigenvalue weighted by atomic mass is 10.1. The Morgan fingerprint density at radius 3 is 2.62 bits per heavy atom. The molecule has 0 atom stereocenters. The number of hydrogen-bond acceptors (Lipinski definition) is 4. The molecule has 0 unspecified atom stereocenters. The van der Waals surface area contributed by atoms with Crippen LogP contribution in [0.5, 0.6) is 11.5 Å². The first-order valence-electron chi connectivity index (χ1n) is 8.45. The molecule has 0 spiro atoms. The van der Waals surface area contributed by atoms with Crippen molar-refractivity contribution in [3.63, 3.8) is 0 Å². The summed E-state index contributed by atoms with van der Waals surface area (Å²) in [5.41, 5.74) is 1.71. The number of hydrogen-bond donors (Lipinski definition) is 0. The van der Waals surface area contributed by atoms with Crippen LogP contribution < -0.4 is 9.47 Å². The minimum absolute atomic E-state index is 0.0346. The Kier molecular flexibility index (Phi) is 4.94. The number of carbonyl (C=O) groups is 1. The first-order valence-corrected chi connectivity index (χ1v) is 9.21. The van der Waals surface area contributed by atoms with E-state index in [2.05, 4.69) is 11.0 Å². The summed E-state index contributed by atoms with van der Waals surface area (Å²) in [6.07, 6.45) is 0. The molecule has 2 aliphatic heterocycles. The van der Waals surface area contributed by atoms with Crippen LogP contribution in [-0.4, -0.2) is 48.7 Å². The van der Waals surface area contributed by atoms with Gasteiger partial charge in [-0.15, -0.1) is 0 Å². The minimum atomic E-state index is -0.0346. The summed E-state index contributed by atoms with van der Waals surface area (Å²) in [7, 11) is 0. The molecule has 2 aliphatic rings. The molecule has 1 saturated heterocycles. The van der Waals surface area contributed by atoms with E-state index >= 15 is 0 Å². The standard InChI is InChI=1S/C19H18Cl2N2O3/c20-15-3-1-2-13(8-15)11-22-4-6-23(7-5-22)19(24)14-9-16(21)18-17(10-14)25-12-26-18/h1-3,8-10H,4-7,11-12H2. The monoisotopic (exact) mass is 392 g/mol. The fraction of sp³-hybridized carbons (Fsp3) is 0.316. The van der Waals surface area contributed by atoms with Crippen LogP contribution in [0.15, 0.2) is 36.4 Å². The molecule has 1 fully saturated rings. The van der Waals surface area contributed by atoms with Crippen LogP contribution in [0.1, 0.15) is 15.9 Å². The summed E-state index contributed by atoms with van der Waals surface area (Å²) in [6.45, 7) is 3.94. The molecule has 2 aromatic carbocycles. The van der Waals surface area contributed by atoms with E-state index in [9.17, 15) is 4.79 Å². The molecule has 4 rings (SSSR count). The number of rotatable bonds is 3. The lowest BCUT2D eigenvalue weighted by Gasteiger charge is -2.34. The Morgan fingerprint density at radius 2 is 1.85 bits per heavy atom. The lowest BCUT2D eigenvalue weighted by Crippen LogP contribution is -2.48. The van der Waals surface area contributed by atoms with Gasteiger partial charge in [-0.1, -0.05) is 35.3 Å². The first-order chi connectivity index (χ1) is 12.6. The number of carbonyl (C=O) groups excluding carboxylic acids is 1. The molecule has 0 N–H and O–H groups in total. The van der Waals surface area contributed by atoms with Crippen molar-refractivity contribution in [2.45, 2.75) is 6.54 Å². The van der Waals surface area contributed by atoms with E-state index in [1.54, 1.807) is 12.1 Å². The Balaban J connectivity index is 1.39. The molecule has 0 aliphatic carbocycles. The van der Waals surface area contributed by atoms with Gasteiger partial charge < -0.3 is 14.4 Å². The third-order valence-electron chi connectivity index (χ3n) is 4.63. The van der Waals surface area contributed by atoms with Gasteiger partial charge in [-0.3, -0.25) is 9.69 Å². The summed E-state index contributed by atoms with van der Waals surface area (Å²) in [5.74, 6) is 1.00. The second-order valence-electron chi connectivity index (χ2n) is 6.39. The van der Waals surface area contributed by atoms with Crippen molar-refractivity contribution in [3.05, 3.63) is 57.6 Å². The average Bonchev–Trinajstić information content (AvgIpc) is 3.11. The molecule has 0 aromatic heterocycles. The molecule has 136 valence electrons. The van der Waals surface area contributed by atoms with Gasteiger partial charge in [-0.05, 0) is 29.8 Å². The van der Waals surface area contributed by atoms with Crippen molar-refractivity contribution in [2.75, 3.05) is 33.0 Å². The maximum Gasteiger partial charge on any atom is 0.254 e. The van der Waals surface area contributed by atoms with Crippen LogP contribution >= 0.6 is 23.2 Å². The zero-order valence-corrected chi connectivity index (χ0v) is 15.6. The highest BCUT2D eigenvalue weighted by atomic mass is 35.5. The van der Waals surface area contributed by atoms with Crippen LogP contribution in [0, 0.1) is 0 Å². The van der Waals surface area contributed by atoms with Crippen LogP contribution in [0.4, 0.5) is 0 Å². The van der Waals surface area contributed by atoms with Gasteiger partial charge in [0.05, 0.1) is 5.02 Å². The van der Waals surface area contributed by atoms with Crippen molar-refractivity contribution in [1.29, 1.82) is 0 Å². The highest BCUT2D eigenvalue weighted by Gasteiger charge is 2.26. The molecule has 2 aromatic rings. The summed E-state index contributed by atoms with van der Waals surface area (Å²) < 4.78 is 10.6. The molecule has 1 amide bonds. The van der Waals surface area contributed by atoms with Gasteiger partial charge in [0.25, 0.3) is 5.91 Å². The number of benzene rings is 2. The van der Waals surface area contributed by atoms with E-state index in [0.29, 0.717) is 35.2 Å². The van der Waals surface area contributed by atoms with E-state index in [1.165, 1.54) is 5.56 Å². The molecule has 0 bridgehead atoms. The zero-order valence-electron chi connectivity index (χ0n) is 14.1. The van der Waals surface area contributed by atoms with E-state index < -0.39 is 0 Å². The number of amides is 1. The zero-order chi connectivity index (χ0) is 18.1. The fourth-order valence-electron chi connectivity index (χ4n) is 3.28. The molecule has 0 saturated carbocycles. The second kappa shape index (κ2) is 7.35. The molecule has 7 heteroatoms. The quantitative estimate of drug-likeness (QED) is 0.798. The average molecular weight is 393 g/mol. The van der Waals surface area contributed by atoms with Gasteiger partial charge in [-0.2, -0.15) is 0 Å². The lowest BCUT2D eigenvalue weighted by molar-refractivity contribution is 0.0628. The Labute approximate surface area is 162 Å². The van der Waals surface area contributed by atoms with Crippen LogP contribution in [-0.2, 0) is 6.54 Å². The number of piperazine rings is 1. The van der Waals surface area contributed by atoms with E-state index in [0.717, 1.165) is 24.7 Å². The number of fused-ring (bicyclic) bond motifs is 1. The second-order valence-corrected chi connectivity index (χ2v) is 7.23. The largest absolute Gasteiger partial charge is 0.454 e. The van der Waals surface area contributed by atoms with Crippen molar-refractivity contribution < 1.29 is 14.3 Å². The van der Waals surface area contributed by atoms with Gasteiger partial charge in [0.1, 0.15) is 0 Å². The van der Waals surface area contributed by atoms with Gasteiger partial charge in [0.15, 0.2) is 11.5 Å². The van der Waals surface area contributed by atoms with Crippen molar-refractivity contribution in [2.24, 2.45) is 0 Å². The van der Waals surface area contributed by atoms with Crippen molar-refractivity contribution in [1.82, 2.24) is 9.80 Å². The molecule has 0 radical (unpaired) electrons. The molecule has 5 nitrogen and oxygen atoms in total. The van der Waals surface area contributed by atoms with Crippen molar-refractivity contribution >= 4 is 29.1 Å². The highest BCUT2D eigenvalue weighted by molar-refractivity contribution is 6.32. The summed E-state index contributed by atoms with van der Waals surface area (Å²) in [4.78, 5) is 17.0. The molecule has 2 heterocycles. The topological polar surface area (TPSA) is 42.0 Å². The summed E-state index contributed by atoms with van der Waals surface area (Å²) in [6, 6.07) is 11.2. The van der Waals surface area contributed by atoms with Crippen LogP contribution in [0.25, 0.3) is 0 Å².